The highest BCUT2D eigenvalue weighted by molar-refractivity contribution is 5.95. The van der Waals surface area contributed by atoms with Crippen molar-refractivity contribution in [2.24, 2.45) is 5.92 Å². The van der Waals surface area contributed by atoms with Crippen molar-refractivity contribution in [2.45, 2.75) is 32.9 Å². The third kappa shape index (κ3) is 5.84. The number of anilines is 1. The van der Waals surface area contributed by atoms with E-state index >= 15 is 0 Å². The van der Waals surface area contributed by atoms with E-state index in [9.17, 15) is 22.8 Å². The summed E-state index contributed by atoms with van der Waals surface area (Å²) in [7, 11) is 0. The molecule has 0 spiro atoms. The fourth-order valence-corrected chi connectivity index (χ4v) is 3.01. The highest BCUT2D eigenvalue weighted by Crippen LogP contribution is 2.34. The number of carbonyl (C=O) groups excluding carboxylic acids is 1. The molecular weight excluding hydrogens is 359 g/mol. The maximum absolute atomic E-state index is 13.1. The van der Waals surface area contributed by atoms with Gasteiger partial charge >= 0.3 is 12.1 Å². The van der Waals surface area contributed by atoms with Gasteiger partial charge < -0.3 is 10.4 Å². The third-order valence-corrected chi connectivity index (χ3v) is 4.05. The van der Waals surface area contributed by atoms with Crippen molar-refractivity contribution >= 4 is 17.6 Å². The molecule has 0 saturated heterocycles. The summed E-state index contributed by atoms with van der Waals surface area (Å²) in [6.45, 7) is 3.75. The number of alkyl halides is 3. The number of rotatable bonds is 6. The van der Waals surface area contributed by atoms with Crippen molar-refractivity contribution < 1.29 is 27.9 Å². The molecule has 4 nitrogen and oxygen atoms in total. The molecule has 7 heteroatoms. The van der Waals surface area contributed by atoms with Crippen LogP contribution in [0.2, 0.25) is 0 Å². The van der Waals surface area contributed by atoms with Gasteiger partial charge in [0, 0.05) is 0 Å². The molecule has 0 unspecified atom stereocenters. The van der Waals surface area contributed by atoms with Crippen LogP contribution in [-0.4, -0.2) is 17.0 Å². The highest BCUT2D eigenvalue weighted by atomic mass is 19.4. The number of hydrogen-bond acceptors (Lipinski definition) is 2. The van der Waals surface area contributed by atoms with E-state index in [1.807, 2.05) is 32.0 Å². The van der Waals surface area contributed by atoms with E-state index < -0.39 is 36.0 Å². The number of aliphatic carboxylic acids is 1. The number of hydrogen-bond donors (Lipinski definition) is 2. The predicted octanol–water partition coefficient (Wildman–Crippen LogP) is 4.59. The maximum atomic E-state index is 13.1. The van der Waals surface area contributed by atoms with E-state index in [1.165, 1.54) is 12.1 Å². The lowest BCUT2D eigenvalue weighted by Gasteiger charge is -2.18. The summed E-state index contributed by atoms with van der Waals surface area (Å²) in [6, 6.07) is 10.2. The zero-order chi connectivity index (χ0) is 20.2. The minimum Gasteiger partial charge on any atom is -0.481 e. The van der Waals surface area contributed by atoms with Gasteiger partial charge in [-0.25, -0.2) is 0 Å². The van der Waals surface area contributed by atoms with Crippen LogP contribution in [0.4, 0.5) is 18.9 Å². The second-order valence-corrected chi connectivity index (χ2v) is 6.53. The molecule has 0 aliphatic heterocycles. The summed E-state index contributed by atoms with van der Waals surface area (Å²) in [5, 5.41) is 11.4. The summed E-state index contributed by atoms with van der Waals surface area (Å²) < 4.78 is 39.3. The minimum atomic E-state index is -4.63. The van der Waals surface area contributed by atoms with Crippen LogP contribution in [0.15, 0.2) is 42.5 Å². The lowest BCUT2D eigenvalue weighted by molar-refractivity contribution is -0.140. The summed E-state index contributed by atoms with van der Waals surface area (Å²) in [4.78, 5) is 23.7. The summed E-state index contributed by atoms with van der Waals surface area (Å²) >= 11 is 0. The molecule has 0 bridgehead atoms. The normalized spacial score (nSPS) is 12.5. The number of para-hydroxylation sites is 1. The number of carbonyl (C=O) groups is 2. The summed E-state index contributed by atoms with van der Waals surface area (Å²) in [6.07, 6.45) is -4.98. The Bertz CT molecular complexity index is 826. The van der Waals surface area contributed by atoms with Gasteiger partial charge in [-0.05, 0) is 38.0 Å². The lowest BCUT2D eigenvalue weighted by Crippen LogP contribution is -2.28. The number of carboxylic acids is 1. The second kappa shape index (κ2) is 8.24. The van der Waals surface area contributed by atoms with Gasteiger partial charge in [-0.3, -0.25) is 9.59 Å². The molecule has 2 aromatic carbocycles. The van der Waals surface area contributed by atoms with Crippen molar-refractivity contribution in [3.05, 3.63) is 64.7 Å². The standard InChI is InChI=1S/C20H20F3NO3/c1-12-7-13(2)9-14(8-12)10-15(11-18(25)26)19(27)24-17-6-4-3-5-16(17)20(21,22)23/h3-9,15H,10-11H2,1-2H3,(H,24,27)(H,25,26)/t15-/m1/s1. The Morgan fingerprint density at radius 2 is 1.67 bits per heavy atom. The zero-order valence-corrected chi connectivity index (χ0v) is 14.9. The molecule has 1 atom stereocenters. The fourth-order valence-electron chi connectivity index (χ4n) is 3.01. The molecule has 2 N–H and O–H groups in total. The Balaban J connectivity index is 2.27. The molecule has 0 aliphatic rings. The molecule has 144 valence electrons. The van der Waals surface area contributed by atoms with E-state index in [0.717, 1.165) is 28.8 Å². The van der Waals surface area contributed by atoms with E-state index in [4.69, 9.17) is 5.11 Å². The van der Waals surface area contributed by atoms with Crippen LogP contribution in [0.25, 0.3) is 0 Å². The van der Waals surface area contributed by atoms with E-state index in [0.29, 0.717) is 0 Å². The first-order chi connectivity index (χ1) is 12.6. The van der Waals surface area contributed by atoms with Crippen LogP contribution in [0.3, 0.4) is 0 Å². The number of carboxylic acid groups (broad SMARTS) is 1. The van der Waals surface area contributed by atoms with Crippen LogP contribution < -0.4 is 5.32 Å². The zero-order valence-electron chi connectivity index (χ0n) is 14.9. The fraction of sp³-hybridized carbons (Fsp3) is 0.300. The molecule has 0 heterocycles. The average Bonchev–Trinajstić information content (AvgIpc) is 2.52. The van der Waals surface area contributed by atoms with E-state index in [-0.39, 0.29) is 12.1 Å². The van der Waals surface area contributed by atoms with Gasteiger partial charge in [0.1, 0.15) is 0 Å². The van der Waals surface area contributed by atoms with Gasteiger partial charge in [-0.15, -0.1) is 0 Å². The predicted molar refractivity (Wildman–Crippen MR) is 95.4 cm³/mol. The topological polar surface area (TPSA) is 66.4 Å². The van der Waals surface area contributed by atoms with Gasteiger partial charge in [-0.1, -0.05) is 41.5 Å². The largest absolute Gasteiger partial charge is 0.481 e. The minimum absolute atomic E-state index is 0.120. The smallest absolute Gasteiger partial charge is 0.418 e. The third-order valence-electron chi connectivity index (χ3n) is 4.05. The molecule has 2 rings (SSSR count). The second-order valence-electron chi connectivity index (χ2n) is 6.53. The van der Waals surface area contributed by atoms with Crippen LogP contribution in [0.5, 0.6) is 0 Å². The van der Waals surface area contributed by atoms with Gasteiger partial charge in [0.15, 0.2) is 0 Å². The van der Waals surface area contributed by atoms with Gasteiger partial charge in [0.05, 0.1) is 23.6 Å². The van der Waals surface area contributed by atoms with Crippen molar-refractivity contribution in [3.8, 4) is 0 Å². The van der Waals surface area contributed by atoms with Crippen molar-refractivity contribution in [1.29, 1.82) is 0 Å². The van der Waals surface area contributed by atoms with Crippen molar-refractivity contribution in [1.82, 2.24) is 0 Å². The van der Waals surface area contributed by atoms with E-state index in [2.05, 4.69) is 5.32 Å². The molecule has 0 aromatic heterocycles. The van der Waals surface area contributed by atoms with Crippen LogP contribution in [0.1, 0.15) is 28.7 Å². The number of nitrogens with one attached hydrogen (secondary N) is 1. The number of halogens is 3. The molecule has 0 radical (unpaired) electrons. The number of aryl methyl sites for hydroxylation is 2. The monoisotopic (exact) mass is 379 g/mol. The Hall–Kier alpha value is -2.83. The molecular formula is C20H20F3NO3. The number of amides is 1. The average molecular weight is 379 g/mol. The molecule has 0 aliphatic carbocycles. The van der Waals surface area contributed by atoms with Crippen LogP contribution in [-0.2, 0) is 22.2 Å². The quantitative estimate of drug-likeness (QED) is 0.771. The highest BCUT2D eigenvalue weighted by Gasteiger charge is 2.34. The van der Waals surface area contributed by atoms with Gasteiger partial charge in [0.25, 0.3) is 0 Å². The summed E-state index contributed by atoms with van der Waals surface area (Å²) in [5.74, 6) is -2.94. The lowest BCUT2D eigenvalue weighted by atomic mass is 9.93. The van der Waals surface area contributed by atoms with Gasteiger partial charge in [-0.2, -0.15) is 13.2 Å². The Morgan fingerprint density at radius 3 is 2.22 bits per heavy atom. The molecule has 2 aromatic rings. The molecule has 0 saturated carbocycles. The first-order valence-electron chi connectivity index (χ1n) is 8.32. The number of benzene rings is 2. The first kappa shape index (κ1) is 20.5. The first-order valence-corrected chi connectivity index (χ1v) is 8.32. The molecule has 1 amide bonds. The maximum Gasteiger partial charge on any atom is 0.418 e. The van der Waals surface area contributed by atoms with E-state index in [1.54, 1.807) is 0 Å². The SMILES string of the molecule is Cc1cc(C)cc(C[C@H](CC(=O)O)C(=O)Nc2ccccc2C(F)(F)F)c1. The Morgan fingerprint density at radius 1 is 1.07 bits per heavy atom. The van der Waals surface area contributed by atoms with Crippen LogP contribution in [0, 0.1) is 19.8 Å². The van der Waals surface area contributed by atoms with Gasteiger partial charge in [0.2, 0.25) is 5.91 Å². The van der Waals surface area contributed by atoms with Crippen LogP contribution >= 0.6 is 0 Å². The summed E-state index contributed by atoms with van der Waals surface area (Å²) in [5.41, 5.74) is 1.33. The molecule has 27 heavy (non-hydrogen) atoms. The Labute approximate surface area is 155 Å². The Kier molecular flexibility index (Phi) is 6.25. The van der Waals surface area contributed by atoms with Crippen molar-refractivity contribution in [3.63, 3.8) is 0 Å². The molecule has 0 fully saturated rings. The van der Waals surface area contributed by atoms with Crippen molar-refractivity contribution in [2.75, 3.05) is 5.32 Å².